The molecule has 0 heterocycles. The van der Waals surface area contributed by atoms with E-state index in [0.717, 1.165) is 0 Å². The van der Waals surface area contributed by atoms with Crippen LogP contribution in [0.4, 0.5) is 10.1 Å². The molecule has 1 aromatic carbocycles. The summed E-state index contributed by atoms with van der Waals surface area (Å²) in [5, 5.41) is 12.1. The number of carboxylic acids is 1. The highest BCUT2D eigenvalue weighted by Crippen LogP contribution is 2.48. The van der Waals surface area contributed by atoms with Gasteiger partial charge in [-0.25, -0.2) is 4.39 Å². The minimum Gasteiger partial charge on any atom is -0.489 e. The highest BCUT2D eigenvalue weighted by atomic mass is 19.1. The number of anilines is 1. The Morgan fingerprint density at radius 3 is 2.54 bits per heavy atom. The second kappa shape index (κ2) is 6.26. The SMILES string of the molecule is CC(C)Oc1ccc(F)cc1NC(=O)C1C2C=CC(C2)C1C(=O)O. The van der Waals surface area contributed by atoms with Crippen molar-refractivity contribution in [3.05, 3.63) is 36.2 Å². The lowest BCUT2D eigenvalue weighted by atomic mass is 9.82. The van der Waals surface area contributed by atoms with Crippen LogP contribution in [-0.4, -0.2) is 23.1 Å². The molecule has 0 aromatic heterocycles. The molecule has 4 unspecified atom stereocenters. The number of carboxylic acid groups (broad SMARTS) is 1. The first kappa shape index (κ1) is 16.5. The summed E-state index contributed by atoms with van der Waals surface area (Å²) in [6, 6.07) is 3.91. The zero-order valence-corrected chi connectivity index (χ0v) is 13.5. The summed E-state index contributed by atoms with van der Waals surface area (Å²) in [6.07, 6.45) is 4.32. The molecular formula is C18H20FNO4. The number of amides is 1. The van der Waals surface area contributed by atoms with Crippen molar-refractivity contribution in [1.82, 2.24) is 0 Å². The second-order valence-corrected chi connectivity index (χ2v) is 6.63. The van der Waals surface area contributed by atoms with Crippen LogP contribution in [-0.2, 0) is 9.59 Å². The van der Waals surface area contributed by atoms with Crippen molar-refractivity contribution in [2.75, 3.05) is 5.32 Å². The number of hydrogen-bond acceptors (Lipinski definition) is 3. The largest absolute Gasteiger partial charge is 0.489 e. The molecular weight excluding hydrogens is 313 g/mol. The number of nitrogens with one attached hydrogen (secondary N) is 1. The zero-order chi connectivity index (χ0) is 17.4. The molecule has 1 amide bonds. The van der Waals surface area contributed by atoms with E-state index in [2.05, 4.69) is 5.32 Å². The number of aliphatic carboxylic acids is 1. The van der Waals surface area contributed by atoms with Gasteiger partial charge in [-0.2, -0.15) is 0 Å². The maximum atomic E-state index is 13.6. The summed E-state index contributed by atoms with van der Waals surface area (Å²) < 4.78 is 19.1. The molecule has 128 valence electrons. The van der Waals surface area contributed by atoms with Gasteiger partial charge in [-0.1, -0.05) is 12.2 Å². The molecule has 5 nitrogen and oxygen atoms in total. The molecule has 2 N–H and O–H groups in total. The number of halogens is 1. The van der Waals surface area contributed by atoms with Crippen molar-refractivity contribution < 1.29 is 23.8 Å². The Labute approximate surface area is 139 Å². The van der Waals surface area contributed by atoms with Crippen molar-refractivity contribution >= 4 is 17.6 Å². The molecule has 1 saturated carbocycles. The van der Waals surface area contributed by atoms with E-state index in [1.54, 1.807) is 0 Å². The predicted molar refractivity (Wildman–Crippen MR) is 86.1 cm³/mol. The summed E-state index contributed by atoms with van der Waals surface area (Å²) in [7, 11) is 0. The summed E-state index contributed by atoms with van der Waals surface area (Å²) in [6.45, 7) is 3.66. The molecule has 2 aliphatic carbocycles. The average Bonchev–Trinajstić information content (AvgIpc) is 3.10. The Balaban J connectivity index is 1.83. The van der Waals surface area contributed by atoms with Gasteiger partial charge in [-0.05, 0) is 44.2 Å². The lowest BCUT2D eigenvalue weighted by molar-refractivity contribution is -0.146. The van der Waals surface area contributed by atoms with Gasteiger partial charge in [0.25, 0.3) is 0 Å². The van der Waals surface area contributed by atoms with E-state index in [9.17, 15) is 19.1 Å². The molecule has 4 atom stereocenters. The van der Waals surface area contributed by atoms with E-state index in [4.69, 9.17) is 4.74 Å². The standard InChI is InChI=1S/C18H20FNO4/c1-9(2)24-14-6-5-12(19)8-13(14)20-17(21)15-10-3-4-11(7-10)16(15)18(22)23/h3-6,8-11,15-16H,7H2,1-2H3,(H,20,21)(H,22,23). The lowest BCUT2D eigenvalue weighted by Crippen LogP contribution is -2.36. The molecule has 24 heavy (non-hydrogen) atoms. The van der Waals surface area contributed by atoms with Crippen LogP contribution in [0.25, 0.3) is 0 Å². The van der Waals surface area contributed by atoms with Crippen molar-refractivity contribution in [3.8, 4) is 5.75 Å². The third-order valence-electron chi connectivity index (χ3n) is 4.61. The van der Waals surface area contributed by atoms with Crippen LogP contribution < -0.4 is 10.1 Å². The molecule has 0 saturated heterocycles. The summed E-state index contributed by atoms with van der Waals surface area (Å²) in [5.41, 5.74) is 0.226. The van der Waals surface area contributed by atoms with Crippen molar-refractivity contribution in [2.45, 2.75) is 26.4 Å². The molecule has 3 rings (SSSR count). The van der Waals surface area contributed by atoms with Crippen LogP contribution in [0.5, 0.6) is 5.75 Å². The Morgan fingerprint density at radius 1 is 1.25 bits per heavy atom. The van der Waals surface area contributed by atoms with Crippen LogP contribution >= 0.6 is 0 Å². The van der Waals surface area contributed by atoms with E-state index in [-0.39, 0.29) is 23.6 Å². The predicted octanol–water partition coefficient (Wildman–Crippen LogP) is 3.07. The van der Waals surface area contributed by atoms with Gasteiger partial charge in [-0.15, -0.1) is 0 Å². The third kappa shape index (κ3) is 3.00. The van der Waals surface area contributed by atoms with Gasteiger partial charge in [0.15, 0.2) is 0 Å². The van der Waals surface area contributed by atoms with Gasteiger partial charge in [0.1, 0.15) is 11.6 Å². The normalized spacial score (nSPS) is 27.5. The maximum absolute atomic E-state index is 13.6. The maximum Gasteiger partial charge on any atom is 0.307 e. The lowest BCUT2D eigenvalue weighted by Gasteiger charge is -2.24. The number of hydrogen-bond donors (Lipinski definition) is 2. The number of benzene rings is 1. The number of carbonyl (C=O) groups excluding carboxylic acids is 1. The first-order valence-electron chi connectivity index (χ1n) is 8.05. The molecule has 1 fully saturated rings. The van der Waals surface area contributed by atoms with Gasteiger partial charge in [0.2, 0.25) is 5.91 Å². The minimum atomic E-state index is -0.968. The third-order valence-corrected chi connectivity index (χ3v) is 4.61. The molecule has 0 spiro atoms. The smallest absolute Gasteiger partial charge is 0.307 e. The van der Waals surface area contributed by atoms with E-state index in [1.807, 2.05) is 26.0 Å². The molecule has 2 bridgehead atoms. The molecule has 1 aromatic rings. The second-order valence-electron chi connectivity index (χ2n) is 6.63. The Morgan fingerprint density at radius 2 is 1.92 bits per heavy atom. The van der Waals surface area contributed by atoms with E-state index < -0.39 is 29.5 Å². The van der Waals surface area contributed by atoms with E-state index in [1.165, 1.54) is 18.2 Å². The van der Waals surface area contributed by atoms with Gasteiger partial charge in [0, 0.05) is 6.07 Å². The van der Waals surface area contributed by atoms with Crippen LogP contribution in [0.2, 0.25) is 0 Å². The highest BCUT2D eigenvalue weighted by Gasteiger charge is 2.51. The number of rotatable bonds is 5. The van der Waals surface area contributed by atoms with Gasteiger partial charge in [-0.3, -0.25) is 9.59 Å². The molecule has 6 heteroatoms. The summed E-state index contributed by atoms with van der Waals surface area (Å²) in [5.74, 6) is -3.07. The Kier molecular flexibility index (Phi) is 4.30. The monoisotopic (exact) mass is 333 g/mol. The number of carbonyl (C=O) groups is 2. The van der Waals surface area contributed by atoms with Gasteiger partial charge in [0.05, 0.1) is 23.6 Å². The minimum absolute atomic E-state index is 0.0841. The molecule has 0 radical (unpaired) electrons. The Hall–Kier alpha value is -2.37. The van der Waals surface area contributed by atoms with Crippen molar-refractivity contribution in [3.63, 3.8) is 0 Å². The van der Waals surface area contributed by atoms with Gasteiger partial charge < -0.3 is 15.2 Å². The first-order chi connectivity index (χ1) is 11.4. The summed E-state index contributed by atoms with van der Waals surface area (Å²) in [4.78, 5) is 24.2. The van der Waals surface area contributed by atoms with Gasteiger partial charge >= 0.3 is 5.97 Å². The fourth-order valence-electron chi connectivity index (χ4n) is 3.69. The fourth-order valence-corrected chi connectivity index (χ4v) is 3.69. The van der Waals surface area contributed by atoms with E-state index >= 15 is 0 Å². The number of ether oxygens (including phenoxy) is 1. The average molecular weight is 333 g/mol. The molecule has 2 aliphatic rings. The number of allylic oxidation sites excluding steroid dienone is 2. The highest BCUT2D eigenvalue weighted by molar-refractivity contribution is 5.97. The first-order valence-corrected chi connectivity index (χ1v) is 8.05. The van der Waals surface area contributed by atoms with Crippen molar-refractivity contribution in [1.29, 1.82) is 0 Å². The zero-order valence-electron chi connectivity index (χ0n) is 13.5. The fraction of sp³-hybridized carbons (Fsp3) is 0.444. The van der Waals surface area contributed by atoms with Crippen LogP contribution in [0, 0.1) is 29.5 Å². The van der Waals surface area contributed by atoms with Crippen LogP contribution in [0.3, 0.4) is 0 Å². The topological polar surface area (TPSA) is 75.6 Å². The quantitative estimate of drug-likeness (QED) is 0.812. The van der Waals surface area contributed by atoms with Crippen LogP contribution in [0.15, 0.2) is 30.4 Å². The Bertz CT molecular complexity index is 700. The summed E-state index contributed by atoms with van der Waals surface area (Å²) >= 11 is 0. The molecule has 0 aliphatic heterocycles. The van der Waals surface area contributed by atoms with Crippen LogP contribution in [0.1, 0.15) is 20.3 Å². The van der Waals surface area contributed by atoms with E-state index in [0.29, 0.717) is 12.2 Å². The van der Waals surface area contributed by atoms with Crippen molar-refractivity contribution in [2.24, 2.45) is 23.7 Å². The number of fused-ring (bicyclic) bond motifs is 2.